The predicted octanol–water partition coefficient (Wildman–Crippen LogP) is 2.44. The molecule has 2 N–H and O–H groups in total. The lowest BCUT2D eigenvalue weighted by atomic mass is 9.99. The van der Waals surface area contributed by atoms with Gasteiger partial charge in [0.05, 0.1) is 24.2 Å². The molecular weight excluding hydrogens is 254 g/mol. The standard InChI is InChI=1S/C15H21N3O2/c1-3-14-10(6-7-20-14)9-18-13-8-11(19-2)4-5-12(13)17-15(18)16/h4-5,8,10,14H,3,6-7,9H2,1-2H3,(H2,16,17). The van der Waals surface area contributed by atoms with E-state index in [1.807, 2.05) is 18.2 Å². The van der Waals surface area contributed by atoms with Crippen molar-refractivity contribution in [2.45, 2.75) is 32.4 Å². The largest absolute Gasteiger partial charge is 0.497 e. The molecule has 0 amide bonds. The molecule has 1 aliphatic heterocycles. The average molecular weight is 275 g/mol. The van der Waals surface area contributed by atoms with Crippen molar-refractivity contribution in [3.63, 3.8) is 0 Å². The third-order valence-electron chi connectivity index (χ3n) is 4.15. The monoisotopic (exact) mass is 275 g/mol. The number of methoxy groups -OCH3 is 1. The molecule has 20 heavy (non-hydrogen) atoms. The third kappa shape index (κ3) is 2.22. The molecule has 3 rings (SSSR count). The molecule has 1 aromatic heterocycles. The van der Waals surface area contributed by atoms with Crippen LogP contribution in [0.5, 0.6) is 5.75 Å². The van der Waals surface area contributed by atoms with Crippen molar-refractivity contribution >= 4 is 17.0 Å². The highest BCUT2D eigenvalue weighted by molar-refractivity contribution is 5.79. The second kappa shape index (κ2) is 5.32. The lowest BCUT2D eigenvalue weighted by Gasteiger charge is -2.18. The molecule has 1 aromatic carbocycles. The van der Waals surface area contributed by atoms with E-state index in [0.29, 0.717) is 18.0 Å². The van der Waals surface area contributed by atoms with Gasteiger partial charge in [0.2, 0.25) is 5.95 Å². The number of benzene rings is 1. The van der Waals surface area contributed by atoms with Crippen LogP contribution in [0.1, 0.15) is 19.8 Å². The van der Waals surface area contributed by atoms with Gasteiger partial charge in [-0.1, -0.05) is 6.92 Å². The van der Waals surface area contributed by atoms with Crippen molar-refractivity contribution in [3.05, 3.63) is 18.2 Å². The summed E-state index contributed by atoms with van der Waals surface area (Å²) in [7, 11) is 1.67. The zero-order valence-corrected chi connectivity index (χ0v) is 12.0. The van der Waals surface area contributed by atoms with Crippen LogP contribution in [0.3, 0.4) is 0 Å². The summed E-state index contributed by atoms with van der Waals surface area (Å²) >= 11 is 0. The first-order valence-electron chi connectivity index (χ1n) is 7.14. The fraction of sp³-hybridized carbons (Fsp3) is 0.533. The molecule has 1 saturated heterocycles. The number of nitrogen functional groups attached to an aromatic ring is 1. The second-order valence-electron chi connectivity index (χ2n) is 5.30. The molecule has 0 bridgehead atoms. The number of aromatic nitrogens is 2. The van der Waals surface area contributed by atoms with Gasteiger partial charge in [-0.2, -0.15) is 0 Å². The molecule has 2 atom stereocenters. The summed E-state index contributed by atoms with van der Waals surface area (Å²) < 4.78 is 13.1. The van der Waals surface area contributed by atoms with Crippen LogP contribution in [0, 0.1) is 5.92 Å². The Morgan fingerprint density at radius 3 is 3.10 bits per heavy atom. The number of anilines is 1. The average Bonchev–Trinajstić information content (AvgIpc) is 3.03. The van der Waals surface area contributed by atoms with E-state index in [-0.39, 0.29) is 0 Å². The van der Waals surface area contributed by atoms with Crippen LogP contribution in [-0.2, 0) is 11.3 Å². The van der Waals surface area contributed by atoms with Crippen molar-refractivity contribution in [1.82, 2.24) is 9.55 Å². The minimum absolute atomic E-state index is 0.331. The third-order valence-corrected chi connectivity index (χ3v) is 4.15. The number of ether oxygens (including phenoxy) is 2. The van der Waals surface area contributed by atoms with Gasteiger partial charge in [0.1, 0.15) is 5.75 Å². The zero-order chi connectivity index (χ0) is 14.1. The highest BCUT2D eigenvalue weighted by Gasteiger charge is 2.28. The highest BCUT2D eigenvalue weighted by atomic mass is 16.5. The zero-order valence-electron chi connectivity index (χ0n) is 12.0. The van der Waals surface area contributed by atoms with Gasteiger partial charge in [-0.05, 0) is 25.0 Å². The van der Waals surface area contributed by atoms with Crippen molar-refractivity contribution < 1.29 is 9.47 Å². The van der Waals surface area contributed by atoms with E-state index >= 15 is 0 Å². The Hall–Kier alpha value is -1.75. The Morgan fingerprint density at radius 1 is 1.50 bits per heavy atom. The molecule has 108 valence electrons. The summed E-state index contributed by atoms with van der Waals surface area (Å²) in [6.07, 6.45) is 2.46. The summed E-state index contributed by atoms with van der Waals surface area (Å²) in [5.41, 5.74) is 8.02. The maximum atomic E-state index is 6.08. The molecule has 0 aliphatic carbocycles. The number of fused-ring (bicyclic) bond motifs is 1. The molecule has 0 spiro atoms. The van der Waals surface area contributed by atoms with Crippen LogP contribution in [0.2, 0.25) is 0 Å². The van der Waals surface area contributed by atoms with Gasteiger partial charge < -0.3 is 19.8 Å². The fourth-order valence-electron chi connectivity index (χ4n) is 3.03. The van der Waals surface area contributed by atoms with E-state index in [1.54, 1.807) is 7.11 Å². The Morgan fingerprint density at radius 2 is 2.35 bits per heavy atom. The number of nitrogens with zero attached hydrogens (tertiary/aromatic N) is 2. The number of hydrogen-bond donors (Lipinski definition) is 1. The van der Waals surface area contributed by atoms with Crippen LogP contribution in [0.15, 0.2) is 18.2 Å². The van der Waals surface area contributed by atoms with Gasteiger partial charge in [-0.25, -0.2) is 4.98 Å². The normalized spacial score (nSPS) is 22.5. The summed E-state index contributed by atoms with van der Waals surface area (Å²) in [4.78, 5) is 4.43. The van der Waals surface area contributed by atoms with Crippen LogP contribution >= 0.6 is 0 Å². The number of imidazole rings is 1. The number of rotatable bonds is 4. The molecule has 5 heteroatoms. The van der Waals surface area contributed by atoms with Gasteiger partial charge >= 0.3 is 0 Å². The minimum atomic E-state index is 0.331. The van der Waals surface area contributed by atoms with Crippen LogP contribution in [0.25, 0.3) is 11.0 Å². The van der Waals surface area contributed by atoms with E-state index in [4.69, 9.17) is 15.2 Å². The Labute approximate surface area is 118 Å². The van der Waals surface area contributed by atoms with Gasteiger partial charge in [0.15, 0.2) is 0 Å². The van der Waals surface area contributed by atoms with Crippen molar-refractivity contribution in [3.8, 4) is 5.75 Å². The minimum Gasteiger partial charge on any atom is -0.497 e. The summed E-state index contributed by atoms with van der Waals surface area (Å²) in [5.74, 6) is 1.90. The first-order valence-corrected chi connectivity index (χ1v) is 7.14. The van der Waals surface area contributed by atoms with Crippen LogP contribution < -0.4 is 10.5 Å². The summed E-state index contributed by atoms with van der Waals surface area (Å²) in [6, 6.07) is 5.85. The van der Waals surface area contributed by atoms with Gasteiger partial charge in [0, 0.05) is 25.1 Å². The maximum Gasteiger partial charge on any atom is 0.201 e. The van der Waals surface area contributed by atoms with Gasteiger partial charge in [-0.15, -0.1) is 0 Å². The van der Waals surface area contributed by atoms with E-state index in [1.165, 1.54) is 0 Å². The SMILES string of the molecule is CCC1OCCC1Cn1c(N)nc2ccc(OC)cc21. The van der Waals surface area contributed by atoms with Crippen molar-refractivity contribution in [2.75, 3.05) is 19.5 Å². The van der Waals surface area contributed by atoms with E-state index in [2.05, 4.69) is 16.5 Å². The summed E-state index contributed by atoms with van der Waals surface area (Å²) in [5, 5.41) is 0. The topological polar surface area (TPSA) is 62.3 Å². The molecule has 5 nitrogen and oxygen atoms in total. The first-order chi connectivity index (χ1) is 9.72. The molecule has 2 aromatic rings. The Balaban J connectivity index is 1.95. The Bertz CT molecular complexity index is 608. The van der Waals surface area contributed by atoms with Crippen molar-refractivity contribution in [2.24, 2.45) is 5.92 Å². The van der Waals surface area contributed by atoms with Gasteiger partial charge in [-0.3, -0.25) is 0 Å². The number of hydrogen-bond acceptors (Lipinski definition) is 4. The molecule has 0 saturated carbocycles. The molecule has 1 aliphatic rings. The number of nitrogens with two attached hydrogens (primary N) is 1. The molecule has 0 radical (unpaired) electrons. The lowest BCUT2D eigenvalue weighted by Crippen LogP contribution is -2.21. The molecule has 1 fully saturated rings. The Kier molecular flexibility index (Phi) is 3.53. The maximum absolute atomic E-state index is 6.08. The van der Waals surface area contributed by atoms with Crippen LogP contribution in [0.4, 0.5) is 5.95 Å². The fourth-order valence-corrected chi connectivity index (χ4v) is 3.03. The summed E-state index contributed by atoms with van der Waals surface area (Å²) in [6.45, 7) is 3.87. The molecule has 2 heterocycles. The predicted molar refractivity (Wildman–Crippen MR) is 78.8 cm³/mol. The van der Waals surface area contributed by atoms with E-state index in [9.17, 15) is 0 Å². The van der Waals surface area contributed by atoms with Crippen LogP contribution in [-0.4, -0.2) is 29.4 Å². The highest BCUT2D eigenvalue weighted by Crippen LogP contribution is 2.29. The molecule has 2 unspecified atom stereocenters. The van der Waals surface area contributed by atoms with Gasteiger partial charge in [0.25, 0.3) is 0 Å². The van der Waals surface area contributed by atoms with E-state index < -0.39 is 0 Å². The smallest absolute Gasteiger partial charge is 0.201 e. The quantitative estimate of drug-likeness (QED) is 0.931. The van der Waals surface area contributed by atoms with E-state index in [0.717, 1.165) is 42.8 Å². The second-order valence-corrected chi connectivity index (χ2v) is 5.30. The molecular formula is C15H21N3O2. The lowest BCUT2D eigenvalue weighted by molar-refractivity contribution is 0.0839. The van der Waals surface area contributed by atoms with Crippen molar-refractivity contribution in [1.29, 1.82) is 0 Å². The first kappa shape index (κ1) is 13.2.